The van der Waals surface area contributed by atoms with E-state index in [9.17, 15) is 0 Å². The van der Waals surface area contributed by atoms with Gasteiger partial charge in [0.1, 0.15) is 0 Å². The molecule has 0 fully saturated rings. The van der Waals surface area contributed by atoms with Crippen molar-refractivity contribution in [3.8, 4) is 0 Å². The summed E-state index contributed by atoms with van der Waals surface area (Å²) in [5, 5.41) is 0. The van der Waals surface area contributed by atoms with Crippen molar-refractivity contribution in [2.75, 3.05) is 0 Å². The number of unbranched alkanes of at least 4 members (excludes halogenated alkanes) is 1. The Kier molecular flexibility index (Phi) is 4.79. The van der Waals surface area contributed by atoms with E-state index in [1.807, 2.05) is 0 Å². The van der Waals surface area contributed by atoms with Crippen LogP contribution >= 0.6 is 0 Å². The maximum absolute atomic E-state index is 2.29. The lowest BCUT2D eigenvalue weighted by Gasteiger charge is -2.16. The van der Waals surface area contributed by atoms with E-state index in [1.54, 1.807) is 0 Å². The van der Waals surface area contributed by atoms with Gasteiger partial charge >= 0.3 is 0 Å². The largest absolute Gasteiger partial charge is 0.0654 e. The van der Waals surface area contributed by atoms with E-state index in [-0.39, 0.29) is 0 Å². The predicted octanol–water partition coefficient (Wildman–Crippen LogP) is 5.78. The molecule has 0 saturated heterocycles. The Balaban J connectivity index is 2.43. The van der Waals surface area contributed by atoms with E-state index in [2.05, 4.69) is 69.3 Å². The molecule has 0 amide bonds. The van der Waals surface area contributed by atoms with E-state index in [4.69, 9.17) is 0 Å². The summed E-state index contributed by atoms with van der Waals surface area (Å²) in [5.74, 6) is 0.588. The Morgan fingerprint density at radius 1 is 1.11 bits per heavy atom. The lowest BCUT2D eigenvalue weighted by atomic mass is 9.88. The van der Waals surface area contributed by atoms with E-state index in [0.29, 0.717) is 5.92 Å². The Morgan fingerprint density at radius 2 is 1.84 bits per heavy atom. The van der Waals surface area contributed by atoms with Crippen LogP contribution in [0.2, 0.25) is 0 Å². The molecule has 2 rings (SSSR count). The van der Waals surface area contributed by atoms with Gasteiger partial charge in [-0.05, 0) is 41.0 Å². The minimum atomic E-state index is 0.588. The third-order valence-electron chi connectivity index (χ3n) is 3.70. The summed E-state index contributed by atoms with van der Waals surface area (Å²) in [6, 6.07) is 10.8. The first kappa shape index (κ1) is 13.9. The zero-order chi connectivity index (χ0) is 13.7. The van der Waals surface area contributed by atoms with Crippen LogP contribution < -0.4 is 0 Å². The average molecular weight is 252 g/mol. The monoisotopic (exact) mass is 252 g/mol. The third kappa shape index (κ3) is 3.26. The van der Waals surface area contributed by atoms with E-state index in [1.165, 1.54) is 41.5 Å². The van der Waals surface area contributed by atoms with Gasteiger partial charge in [-0.2, -0.15) is 0 Å². The van der Waals surface area contributed by atoms with Crippen LogP contribution in [0, 0.1) is 5.92 Å². The van der Waals surface area contributed by atoms with Crippen molar-refractivity contribution in [3.63, 3.8) is 0 Å². The van der Waals surface area contributed by atoms with Crippen molar-refractivity contribution in [1.29, 1.82) is 0 Å². The zero-order valence-electron chi connectivity index (χ0n) is 12.3. The van der Waals surface area contributed by atoms with Crippen molar-refractivity contribution in [3.05, 3.63) is 65.3 Å². The molecule has 1 aliphatic rings. The summed E-state index contributed by atoms with van der Waals surface area (Å²) in [4.78, 5) is 0. The quantitative estimate of drug-likeness (QED) is 0.623. The highest BCUT2D eigenvalue weighted by Gasteiger charge is 2.16. The molecule has 0 saturated carbocycles. The van der Waals surface area contributed by atoms with Crippen LogP contribution in [-0.2, 0) is 0 Å². The second-order valence-electron chi connectivity index (χ2n) is 5.50. The van der Waals surface area contributed by atoms with Gasteiger partial charge in [-0.25, -0.2) is 0 Å². The molecule has 0 heteroatoms. The molecule has 100 valence electrons. The zero-order valence-corrected chi connectivity index (χ0v) is 12.3. The summed E-state index contributed by atoms with van der Waals surface area (Å²) in [6.07, 6.45) is 10.4. The second-order valence-corrected chi connectivity index (χ2v) is 5.50. The molecule has 1 aromatic rings. The average Bonchev–Trinajstić information content (AvgIpc) is 2.90. The van der Waals surface area contributed by atoms with Gasteiger partial charge in [-0.15, -0.1) is 0 Å². The van der Waals surface area contributed by atoms with Crippen molar-refractivity contribution in [2.45, 2.75) is 40.0 Å². The Morgan fingerprint density at radius 3 is 2.47 bits per heavy atom. The molecule has 0 spiro atoms. The van der Waals surface area contributed by atoms with Crippen LogP contribution in [0.1, 0.15) is 45.6 Å². The molecule has 0 N–H and O–H groups in total. The molecule has 0 heterocycles. The van der Waals surface area contributed by atoms with E-state index >= 15 is 0 Å². The molecular formula is C19H24. The summed E-state index contributed by atoms with van der Waals surface area (Å²) in [6.45, 7) is 6.82. The Labute approximate surface area is 117 Å². The molecule has 1 aliphatic carbocycles. The molecule has 0 nitrogen and oxygen atoms in total. The first-order valence-corrected chi connectivity index (χ1v) is 7.41. The molecule has 0 radical (unpaired) electrons. The first-order valence-electron chi connectivity index (χ1n) is 7.41. The maximum Gasteiger partial charge on any atom is -0.0184 e. The van der Waals surface area contributed by atoms with Crippen molar-refractivity contribution < 1.29 is 0 Å². The number of benzene rings is 1. The number of rotatable bonds is 5. The molecular weight excluding hydrogens is 228 g/mol. The molecule has 0 bridgehead atoms. The fourth-order valence-electron chi connectivity index (χ4n) is 2.64. The standard InChI is InChI=1S/C19H24/c1-4-5-12-18(16-10-7-6-8-11-16)19-14-9-13-17(19)15(2)3/h6-11,13-15H,4-5,12H2,1-3H3. The van der Waals surface area contributed by atoms with Gasteiger partial charge in [0.25, 0.3) is 0 Å². The van der Waals surface area contributed by atoms with Crippen molar-refractivity contribution >= 4 is 5.57 Å². The minimum absolute atomic E-state index is 0.588. The van der Waals surface area contributed by atoms with Crippen LogP contribution in [0.3, 0.4) is 0 Å². The number of hydrogen-bond acceptors (Lipinski definition) is 0. The molecule has 0 atom stereocenters. The fourth-order valence-corrected chi connectivity index (χ4v) is 2.64. The predicted molar refractivity (Wildman–Crippen MR) is 84.9 cm³/mol. The van der Waals surface area contributed by atoms with Crippen LogP contribution in [0.15, 0.2) is 59.7 Å². The normalized spacial score (nSPS) is 16.9. The third-order valence-corrected chi connectivity index (χ3v) is 3.70. The van der Waals surface area contributed by atoms with Gasteiger partial charge in [0.15, 0.2) is 0 Å². The van der Waals surface area contributed by atoms with Crippen LogP contribution in [0.5, 0.6) is 0 Å². The Hall–Kier alpha value is -1.56. The fraction of sp³-hybridized carbons (Fsp3) is 0.368. The smallest absolute Gasteiger partial charge is 0.0184 e. The summed E-state index contributed by atoms with van der Waals surface area (Å²) >= 11 is 0. The van der Waals surface area contributed by atoms with E-state index < -0.39 is 0 Å². The highest BCUT2D eigenvalue weighted by atomic mass is 14.2. The van der Waals surface area contributed by atoms with Gasteiger partial charge in [0.2, 0.25) is 0 Å². The Bertz CT molecular complexity index is 498. The lowest BCUT2D eigenvalue weighted by molar-refractivity contribution is 0.781. The molecule has 0 unspecified atom stereocenters. The van der Waals surface area contributed by atoms with Gasteiger partial charge < -0.3 is 0 Å². The molecule has 0 aliphatic heterocycles. The summed E-state index contributed by atoms with van der Waals surface area (Å²) in [5.41, 5.74) is 5.82. The summed E-state index contributed by atoms with van der Waals surface area (Å²) in [7, 11) is 0. The van der Waals surface area contributed by atoms with Crippen molar-refractivity contribution in [1.82, 2.24) is 0 Å². The minimum Gasteiger partial charge on any atom is -0.0654 e. The van der Waals surface area contributed by atoms with Crippen LogP contribution in [0.25, 0.3) is 5.57 Å². The second kappa shape index (κ2) is 6.56. The van der Waals surface area contributed by atoms with Crippen LogP contribution in [0.4, 0.5) is 0 Å². The van der Waals surface area contributed by atoms with Crippen LogP contribution in [-0.4, -0.2) is 0 Å². The van der Waals surface area contributed by atoms with Gasteiger partial charge in [0, 0.05) is 0 Å². The van der Waals surface area contributed by atoms with Crippen molar-refractivity contribution in [2.24, 2.45) is 5.92 Å². The van der Waals surface area contributed by atoms with Gasteiger partial charge in [-0.3, -0.25) is 0 Å². The summed E-state index contributed by atoms with van der Waals surface area (Å²) < 4.78 is 0. The highest BCUT2D eigenvalue weighted by Crippen LogP contribution is 2.35. The first-order chi connectivity index (χ1) is 9.24. The SMILES string of the molecule is CCCCC(=C1C=CC=C1C(C)C)c1ccccc1. The van der Waals surface area contributed by atoms with E-state index in [0.717, 1.165) is 0 Å². The van der Waals surface area contributed by atoms with Gasteiger partial charge in [0.05, 0.1) is 0 Å². The lowest BCUT2D eigenvalue weighted by Crippen LogP contribution is -1.98. The maximum atomic E-state index is 2.29. The molecule has 0 aromatic heterocycles. The molecule has 19 heavy (non-hydrogen) atoms. The number of allylic oxidation sites excluding steroid dienone is 6. The highest BCUT2D eigenvalue weighted by molar-refractivity contribution is 5.77. The topological polar surface area (TPSA) is 0 Å². The molecule has 1 aromatic carbocycles. The van der Waals surface area contributed by atoms with Gasteiger partial charge in [-0.1, -0.05) is 75.8 Å². The number of hydrogen-bond donors (Lipinski definition) is 0.